The predicted molar refractivity (Wildman–Crippen MR) is 216 cm³/mol. The van der Waals surface area contributed by atoms with Gasteiger partial charge in [-0.1, -0.05) is 12.1 Å². The first-order valence-electron chi connectivity index (χ1n) is 19.8. The number of H-pyrrole nitrogens is 1. The molecule has 0 unspecified atom stereocenters. The third-order valence-corrected chi connectivity index (χ3v) is 10.4. The maximum atomic E-state index is 13.7. The molecule has 384 valence electrons. The second-order valence-electron chi connectivity index (χ2n) is 14.8. The summed E-state index contributed by atoms with van der Waals surface area (Å²) in [5.41, 5.74) is -4.31. The highest BCUT2D eigenvalue weighted by Gasteiger charge is 2.40. The lowest BCUT2D eigenvalue weighted by molar-refractivity contribution is -0.231. The number of hydrogen-bond acceptors (Lipinski definition) is 18. The molecule has 11 atom stereocenters. The van der Waals surface area contributed by atoms with Crippen LogP contribution in [0.25, 0.3) is 0 Å². The molecule has 0 spiro atoms. The Morgan fingerprint density at radius 3 is 1.64 bits per heavy atom. The van der Waals surface area contributed by atoms with Crippen LogP contribution in [0.4, 0.5) is 30.7 Å². The van der Waals surface area contributed by atoms with Crippen molar-refractivity contribution in [2.45, 2.75) is 93.1 Å². The van der Waals surface area contributed by atoms with Crippen LogP contribution in [0.2, 0.25) is 0 Å². The van der Waals surface area contributed by atoms with Gasteiger partial charge in [-0.05, 0) is 62.5 Å². The van der Waals surface area contributed by atoms with Gasteiger partial charge in [-0.15, -0.1) is 9.55 Å². The van der Waals surface area contributed by atoms with Gasteiger partial charge >= 0.3 is 25.8 Å². The monoisotopic (exact) mass is 1010 g/mol. The van der Waals surface area contributed by atoms with Crippen LogP contribution < -0.4 is 16.3 Å². The van der Waals surface area contributed by atoms with Gasteiger partial charge < -0.3 is 81.0 Å². The van der Waals surface area contributed by atoms with Crippen LogP contribution in [0.3, 0.4) is 0 Å². The Morgan fingerprint density at radius 2 is 1.25 bits per heavy atom. The third-order valence-electron chi connectivity index (χ3n) is 9.67. The summed E-state index contributed by atoms with van der Waals surface area (Å²) >= 11 is 0. The van der Waals surface area contributed by atoms with Crippen molar-refractivity contribution < 1.29 is 106 Å². The first-order chi connectivity index (χ1) is 31.0. The van der Waals surface area contributed by atoms with Gasteiger partial charge in [0.05, 0.1) is 61.8 Å². The fourth-order valence-corrected chi connectivity index (χ4v) is 6.60. The largest absolute Gasteiger partial charge is 0.454 e. The number of alkyl halides is 6. The molecule has 4 rings (SSSR count). The molecule has 2 heterocycles. The van der Waals surface area contributed by atoms with Crippen molar-refractivity contribution in [3.63, 3.8) is 0 Å². The molecule has 30 heteroatoms. The summed E-state index contributed by atoms with van der Waals surface area (Å²) < 4.78 is 117. The Balaban J connectivity index is 0.000000484. The molecular formula is C37H56F7N6O16P. The van der Waals surface area contributed by atoms with Gasteiger partial charge in [-0.2, -0.15) is 26.3 Å². The summed E-state index contributed by atoms with van der Waals surface area (Å²) in [4.78, 5) is 34.3. The second kappa shape index (κ2) is 26.4. The van der Waals surface area contributed by atoms with Gasteiger partial charge in [0.2, 0.25) is 0 Å². The number of hydrogen-bond donors (Lipinski definition) is 15. The Hall–Kier alpha value is -3.56. The van der Waals surface area contributed by atoms with E-state index in [2.05, 4.69) is 20.7 Å². The number of nitrogens with zero attached hydrogens (tertiary/aromatic N) is 3. The molecule has 1 aromatic heterocycles. The quantitative estimate of drug-likeness (QED) is 0.0442. The fraction of sp³-hybridized carbons (Fsp3) is 0.622. The lowest BCUT2D eigenvalue weighted by atomic mass is 10.0. The van der Waals surface area contributed by atoms with Crippen LogP contribution in [0, 0.1) is 5.82 Å². The van der Waals surface area contributed by atoms with E-state index in [-0.39, 0.29) is 49.1 Å². The van der Waals surface area contributed by atoms with Crippen molar-refractivity contribution in [1.29, 1.82) is 0 Å². The van der Waals surface area contributed by atoms with Crippen molar-refractivity contribution >= 4 is 7.75 Å². The summed E-state index contributed by atoms with van der Waals surface area (Å²) in [6, 6.07) is 5.01. The number of aromatic nitrogens is 3. The normalized spacial score (nSPS) is 20.2. The van der Waals surface area contributed by atoms with Crippen molar-refractivity contribution in [3.8, 4) is 0 Å². The zero-order chi connectivity index (χ0) is 51.2. The molecule has 0 saturated carbocycles. The maximum Gasteiger partial charge on any atom is 0.454 e. The number of benzene rings is 2. The van der Waals surface area contributed by atoms with E-state index in [0.717, 1.165) is 12.1 Å². The SMILES string of the molecule is CNC[C@H](O)[C@@H](O)[C@H](O)[C@H](O)CO.CNC[C@H](O)[C@@H](O)[C@H](O)[C@H](O)CO.C[C@@H](O[C@H]1OCCN(Cc2[15n][15n](P(=O)(O)O)[13c](=O)[15nH]2)[C@H]1c1ccc(F)cc1)c1cc(C(F)(F)F)cc(C(F)(F)F)c1. The molecular weight excluding hydrogens is 952 g/mol. The Labute approximate surface area is 376 Å². The lowest BCUT2D eigenvalue weighted by Gasteiger charge is -2.41. The summed E-state index contributed by atoms with van der Waals surface area (Å²) in [5, 5.41) is 98.6. The minimum Gasteiger partial charge on any atom is -0.394 e. The van der Waals surface area contributed by atoms with Gasteiger partial charge in [-0.3, -0.25) is 9.88 Å². The van der Waals surface area contributed by atoms with E-state index in [4.69, 9.17) is 50.3 Å². The van der Waals surface area contributed by atoms with E-state index in [0.29, 0.717) is 17.7 Å². The predicted octanol–water partition coefficient (Wildman–Crippen LogP) is -2.35. The van der Waals surface area contributed by atoms with Crippen LogP contribution in [-0.4, -0.2) is 189 Å². The number of morpholine rings is 1. The van der Waals surface area contributed by atoms with E-state index in [1.54, 1.807) is 19.0 Å². The molecule has 22 nitrogen and oxygen atoms in total. The highest BCUT2D eigenvalue weighted by atomic mass is 31.2. The van der Waals surface area contributed by atoms with Crippen LogP contribution >= 0.6 is 7.75 Å². The number of halogens is 7. The molecule has 0 bridgehead atoms. The zero-order valence-corrected chi connectivity index (χ0v) is 36.7. The van der Waals surface area contributed by atoms with E-state index in [1.165, 1.54) is 19.1 Å². The lowest BCUT2D eigenvalue weighted by Crippen LogP contribution is -2.48. The van der Waals surface area contributed by atoms with Gasteiger partial charge in [0.1, 0.15) is 48.3 Å². The van der Waals surface area contributed by atoms with E-state index < -0.39 is 129 Å². The topological polar surface area (TPSA) is 356 Å². The van der Waals surface area contributed by atoms with Crippen molar-refractivity contribution in [1.82, 2.24) is 30.1 Å². The third kappa shape index (κ3) is 18.0. The molecule has 67 heavy (non-hydrogen) atoms. The number of aliphatic hydroxyl groups is 10. The van der Waals surface area contributed by atoms with Crippen LogP contribution in [0.15, 0.2) is 47.3 Å². The molecule has 3 aromatic rings. The Bertz CT molecular complexity index is 1970. The van der Waals surface area contributed by atoms with Crippen molar-refractivity contribution in [2.24, 2.45) is 0 Å². The highest BCUT2D eigenvalue weighted by molar-refractivity contribution is 7.49. The maximum absolute atomic E-state index is 13.7. The average molecular weight is 1010 g/mol. The van der Waals surface area contributed by atoms with E-state index in [9.17, 15) is 60.1 Å². The van der Waals surface area contributed by atoms with Crippen LogP contribution in [0.1, 0.15) is 47.1 Å². The molecule has 0 radical (unpaired) electrons. The van der Waals surface area contributed by atoms with Crippen LogP contribution in [0.5, 0.6) is 0 Å². The smallest absolute Gasteiger partial charge is 0.394 e. The molecule has 0 amide bonds. The molecule has 15 N–H and O–H groups in total. The number of rotatable bonds is 19. The Morgan fingerprint density at radius 1 is 0.806 bits per heavy atom. The van der Waals surface area contributed by atoms with Gasteiger partial charge in [0.25, 0.3) is 0 Å². The van der Waals surface area contributed by atoms with E-state index in [1.807, 2.05) is 0 Å². The molecule has 1 fully saturated rings. The number of aromatic amines is 1. The fourth-order valence-electron chi connectivity index (χ4n) is 6.09. The molecule has 1 saturated heterocycles. The van der Waals surface area contributed by atoms with E-state index >= 15 is 0 Å². The summed E-state index contributed by atoms with van der Waals surface area (Å²) in [6.07, 6.45) is -24.1. The summed E-state index contributed by atoms with van der Waals surface area (Å²) in [5.74, 6) is -0.775. The molecule has 0 aliphatic carbocycles. The first-order valence-corrected chi connectivity index (χ1v) is 21.3. The summed E-state index contributed by atoms with van der Waals surface area (Å²) in [7, 11) is -1.92. The number of nitrogens with one attached hydrogen (secondary N) is 3. The number of likely N-dealkylation sites (N-methyl/N-ethyl adjacent to an activating group) is 2. The van der Waals surface area contributed by atoms with Crippen molar-refractivity contribution in [3.05, 3.63) is 86.8 Å². The minimum absolute atomic E-state index is 0.00603. The minimum atomic E-state index is -5.07. The number of ether oxygens (including phenoxy) is 2. The standard InChI is InChI=1S/C23H22F7N4O6P.2C7H17NO5/c1-12(14-8-15(22(25,26)27)10-16(9-14)23(28,29)30)40-20-19(13-2-4-17(24)5-3-13)33(6-7-39-20)11-18-31-21(35)34(32-18)41(36,37)38;2*1-8-2-4(10)6(12)7(13)5(11)3-9/h2-5,8-10,12,19-20H,6-7,11H2,1H3,(H,31,32,35)(H2,36,37,38);2*4-13H,2-3H2,1H3/t12-,19+,20-;2*4-,5+,6+,7+/m100/s1/i21+1,31+1,32+1,34+1;;. The van der Waals surface area contributed by atoms with Gasteiger partial charge in [0, 0.05) is 19.6 Å². The summed E-state index contributed by atoms with van der Waals surface area (Å²) in [6.45, 7) is -0.0952. The Kier molecular flexibility index (Phi) is 23.5. The second-order valence-corrected chi connectivity index (χ2v) is 16.2. The van der Waals surface area contributed by atoms with Gasteiger partial charge in [-0.25, -0.2) is 13.8 Å². The van der Waals surface area contributed by atoms with Gasteiger partial charge in [0.15, 0.2) is 6.29 Å². The van der Waals surface area contributed by atoms with Crippen molar-refractivity contribution in [2.75, 3.05) is 53.6 Å². The average Bonchev–Trinajstić information content (AvgIpc) is 3.65. The highest BCUT2D eigenvalue weighted by Crippen LogP contribution is 2.40. The van der Waals surface area contributed by atoms with Crippen LogP contribution in [-0.2, 0) is 32.9 Å². The number of aliphatic hydroxyl groups excluding tert-OH is 10. The first kappa shape index (κ1) is 59.6. The molecule has 1 aliphatic rings. The molecule has 1 aliphatic heterocycles. The zero-order valence-electron chi connectivity index (χ0n) is 35.8. The molecule has 2 aromatic carbocycles.